The van der Waals surface area contributed by atoms with Crippen molar-refractivity contribution >= 4 is 35.6 Å². The van der Waals surface area contributed by atoms with E-state index in [9.17, 15) is 28.8 Å². The Bertz CT molecular complexity index is 1030. The van der Waals surface area contributed by atoms with Crippen molar-refractivity contribution in [2.24, 2.45) is 22.5 Å². The van der Waals surface area contributed by atoms with Crippen LogP contribution in [0.2, 0.25) is 0 Å². The highest BCUT2D eigenvalue weighted by Gasteiger charge is 2.43. The molecule has 0 bridgehead atoms. The predicted octanol–water partition coefficient (Wildman–Crippen LogP) is 1.53. The Labute approximate surface area is 249 Å². The molecular weight excluding hydrogens is 544 g/mol. The molecule has 1 aliphatic carbocycles. The van der Waals surface area contributed by atoms with E-state index in [0.29, 0.717) is 25.8 Å². The maximum atomic E-state index is 13.9. The summed E-state index contributed by atoms with van der Waals surface area (Å²) < 4.78 is 4.77. The Morgan fingerprint density at radius 2 is 1.55 bits per heavy atom. The van der Waals surface area contributed by atoms with Crippen LogP contribution in [-0.2, 0) is 23.9 Å². The van der Waals surface area contributed by atoms with Crippen molar-refractivity contribution in [3.8, 4) is 0 Å². The number of methoxy groups -OCH3 is 1. The lowest BCUT2D eigenvalue weighted by molar-refractivity contribution is -0.143. The first kappa shape index (κ1) is 34.8. The molecule has 2 fully saturated rings. The number of ether oxygens (including phenoxy) is 1. The van der Waals surface area contributed by atoms with E-state index < -0.39 is 70.6 Å². The Balaban J connectivity index is 2.18. The molecule has 4 atom stereocenters. The van der Waals surface area contributed by atoms with Gasteiger partial charge in [-0.2, -0.15) is 0 Å². The first-order valence-corrected chi connectivity index (χ1v) is 14.7. The fourth-order valence-corrected chi connectivity index (χ4v) is 5.22. The minimum atomic E-state index is -1.10. The summed E-state index contributed by atoms with van der Waals surface area (Å²) >= 11 is 0. The molecule has 0 spiro atoms. The van der Waals surface area contributed by atoms with Gasteiger partial charge in [0.2, 0.25) is 17.6 Å². The second kappa shape index (κ2) is 14.2. The van der Waals surface area contributed by atoms with Crippen molar-refractivity contribution in [1.29, 1.82) is 0 Å². The molecule has 238 valence electrons. The number of likely N-dealkylation sites (N-methyl/N-ethyl adjacent to an activating group) is 1. The molecule has 1 heterocycles. The van der Waals surface area contributed by atoms with Crippen molar-refractivity contribution in [3.63, 3.8) is 0 Å². The lowest BCUT2D eigenvalue weighted by atomic mass is 9.80. The highest BCUT2D eigenvalue weighted by atomic mass is 16.5. The highest BCUT2D eigenvalue weighted by molar-refractivity contribution is 6.37. The minimum Gasteiger partial charge on any atom is -0.453 e. The topological polar surface area (TPSA) is 180 Å². The summed E-state index contributed by atoms with van der Waals surface area (Å²) in [6, 6.07) is -3.93. The average Bonchev–Trinajstić information content (AvgIpc) is 3.35. The SMILES string of the molecule is COC(=O)N(C)CC(NC(=O)NC(C(=O)N1CCCC1C(=O)NC(CC1CCC1)C(=O)C(N)=O)C(C)(C)C)C(C)(C)C. The number of Topliss-reactive ketones (excluding diaryl/α,β-unsaturated/α-hetero) is 1. The van der Waals surface area contributed by atoms with Gasteiger partial charge in [-0.25, -0.2) is 9.59 Å². The van der Waals surface area contributed by atoms with E-state index in [2.05, 4.69) is 16.0 Å². The molecule has 4 unspecified atom stereocenters. The predicted molar refractivity (Wildman–Crippen MR) is 156 cm³/mol. The number of ketones is 1. The van der Waals surface area contributed by atoms with Crippen molar-refractivity contribution < 1.29 is 33.5 Å². The van der Waals surface area contributed by atoms with E-state index in [1.54, 1.807) is 7.05 Å². The number of primary amides is 1. The van der Waals surface area contributed by atoms with Gasteiger partial charge >= 0.3 is 12.1 Å². The van der Waals surface area contributed by atoms with Crippen LogP contribution >= 0.6 is 0 Å². The average molecular weight is 595 g/mol. The molecule has 2 aliphatic rings. The fraction of sp³-hybridized carbons (Fsp3) is 0.793. The van der Waals surface area contributed by atoms with Gasteiger partial charge < -0.3 is 36.2 Å². The third-order valence-electron chi connectivity index (χ3n) is 8.19. The number of amides is 6. The molecule has 1 saturated carbocycles. The largest absolute Gasteiger partial charge is 0.453 e. The van der Waals surface area contributed by atoms with Crippen molar-refractivity contribution in [2.75, 3.05) is 27.2 Å². The summed E-state index contributed by atoms with van der Waals surface area (Å²) in [5, 5.41) is 8.39. The first-order chi connectivity index (χ1) is 19.4. The lowest BCUT2D eigenvalue weighted by Gasteiger charge is -2.38. The first-order valence-electron chi connectivity index (χ1n) is 14.7. The van der Waals surface area contributed by atoms with Crippen LogP contribution in [0.5, 0.6) is 0 Å². The number of carbonyl (C=O) groups excluding carboxylic acids is 6. The summed E-state index contributed by atoms with van der Waals surface area (Å²) in [6.07, 6.45) is 3.61. The maximum absolute atomic E-state index is 13.9. The lowest BCUT2D eigenvalue weighted by Crippen LogP contribution is -2.62. The zero-order valence-corrected chi connectivity index (χ0v) is 26.4. The smallest absolute Gasteiger partial charge is 0.409 e. The van der Waals surface area contributed by atoms with Crippen molar-refractivity contribution in [1.82, 2.24) is 25.8 Å². The summed E-state index contributed by atoms with van der Waals surface area (Å²) in [4.78, 5) is 79.4. The van der Waals surface area contributed by atoms with Gasteiger partial charge in [-0.15, -0.1) is 0 Å². The Kier molecular flexibility index (Phi) is 11.8. The van der Waals surface area contributed by atoms with Gasteiger partial charge in [0.15, 0.2) is 0 Å². The van der Waals surface area contributed by atoms with Crippen LogP contribution in [0, 0.1) is 16.7 Å². The van der Waals surface area contributed by atoms with E-state index in [-0.39, 0.29) is 12.5 Å². The molecule has 6 amide bonds. The van der Waals surface area contributed by atoms with Gasteiger partial charge in [0.25, 0.3) is 5.91 Å². The number of urea groups is 1. The van der Waals surface area contributed by atoms with Crippen molar-refractivity contribution in [3.05, 3.63) is 0 Å². The Morgan fingerprint density at radius 3 is 2.02 bits per heavy atom. The van der Waals surface area contributed by atoms with Crippen LogP contribution in [0.25, 0.3) is 0 Å². The van der Waals surface area contributed by atoms with Gasteiger partial charge in [0.1, 0.15) is 12.1 Å². The summed E-state index contributed by atoms with van der Waals surface area (Å²) in [6.45, 7) is 11.7. The van der Waals surface area contributed by atoms with E-state index in [4.69, 9.17) is 10.5 Å². The molecule has 1 saturated heterocycles. The van der Waals surface area contributed by atoms with Crippen LogP contribution in [-0.4, -0.2) is 96.8 Å². The van der Waals surface area contributed by atoms with Gasteiger partial charge in [-0.1, -0.05) is 60.8 Å². The Morgan fingerprint density at radius 1 is 0.929 bits per heavy atom. The number of carbonyl (C=O) groups is 6. The standard InChI is InChI=1S/C29H50N6O7/c1-28(2,3)20(16-34(7)27(41)42-8)32-26(40)33-22(29(4,5)6)25(39)35-14-10-13-19(35)24(38)31-18(21(36)23(30)37)15-17-11-9-12-17/h17-20,22H,9-16H2,1-8H3,(H2,30,37)(H,31,38)(H2,32,33,40). The monoisotopic (exact) mass is 594 g/mol. The van der Waals surface area contributed by atoms with Gasteiger partial charge in [-0.05, 0) is 36.0 Å². The van der Waals surface area contributed by atoms with Crippen LogP contribution in [0.3, 0.4) is 0 Å². The van der Waals surface area contributed by atoms with Crippen LogP contribution in [0.15, 0.2) is 0 Å². The van der Waals surface area contributed by atoms with E-state index in [0.717, 1.165) is 19.3 Å². The molecule has 0 aromatic heterocycles. The number of nitrogens with zero attached hydrogens (tertiary/aromatic N) is 2. The quantitative estimate of drug-likeness (QED) is 0.262. The zero-order chi connectivity index (χ0) is 32.0. The number of rotatable bonds is 11. The third kappa shape index (κ3) is 9.32. The Hall–Kier alpha value is -3.38. The third-order valence-corrected chi connectivity index (χ3v) is 8.19. The molecule has 0 aromatic carbocycles. The maximum Gasteiger partial charge on any atom is 0.409 e. The van der Waals surface area contributed by atoms with E-state index in [1.807, 2.05) is 41.5 Å². The van der Waals surface area contributed by atoms with Crippen LogP contribution in [0.4, 0.5) is 9.59 Å². The van der Waals surface area contributed by atoms with Crippen LogP contribution in [0.1, 0.15) is 80.1 Å². The molecule has 13 heteroatoms. The number of hydrogen-bond acceptors (Lipinski definition) is 7. The number of hydrogen-bond donors (Lipinski definition) is 4. The van der Waals surface area contributed by atoms with Gasteiger partial charge in [-0.3, -0.25) is 19.2 Å². The van der Waals surface area contributed by atoms with Crippen molar-refractivity contribution in [2.45, 2.75) is 104 Å². The number of nitrogens with two attached hydrogens (primary N) is 1. The molecular formula is C29H50N6O7. The molecule has 2 rings (SSSR count). The molecule has 0 aromatic rings. The van der Waals surface area contributed by atoms with Gasteiger partial charge in [0.05, 0.1) is 19.2 Å². The van der Waals surface area contributed by atoms with Gasteiger partial charge in [0, 0.05) is 20.1 Å². The second-order valence-electron chi connectivity index (χ2n) is 13.7. The minimum absolute atomic E-state index is 0.179. The molecule has 13 nitrogen and oxygen atoms in total. The van der Waals surface area contributed by atoms with E-state index in [1.165, 1.54) is 16.9 Å². The second-order valence-corrected chi connectivity index (χ2v) is 13.7. The summed E-state index contributed by atoms with van der Waals surface area (Å²) in [5.74, 6) is -2.66. The highest BCUT2D eigenvalue weighted by Crippen LogP contribution is 2.31. The zero-order valence-electron chi connectivity index (χ0n) is 26.4. The van der Waals surface area contributed by atoms with E-state index >= 15 is 0 Å². The van der Waals surface area contributed by atoms with Crippen LogP contribution < -0.4 is 21.7 Å². The molecule has 1 aliphatic heterocycles. The normalized spacial score (nSPS) is 19.5. The molecule has 42 heavy (non-hydrogen) atoms. The molecule has 0 radical (unpaired) electrons. The summed E-state index contributed by atoms with van der Waals surface area (Å²) in [7, 11) is 2.85. The fourth-order valence-electron chi connectivity index (χ4n) is 5.22. The number of nitrogens with one attached hydrogen (secondary N) is 3. The molecule has 5 N–H and O–H groups in total. The summed E-state index contributed by atoms with van der Waals surface area (Å²) in [5.41, 5.74) is 4.10. The number of likely N-dealkylation sites (tertiary alicyclic amines) is 1.